The van der Waals surface area contributed by atoms with Crippen LogP contribution in [0.25, 0.3) is 0 Å². The Labute approximate surface area is 207 Å². The average Bonchev–Trinajstić information content (AvgIpc) is 3.29. The van der Waals surface area contributed by atoms with Crippen molar-refractivity contribution in [3.8, 4) is 11.5 Å². The van der Waals surface area contributed by atoms with Crippen molar-refractivity contribution in [2.24, 2.45) is 5.41 Å². The summed E-state index contributed by atoms with van der Waals surface area (Å²) in [6.07, 6.45) is 0. The van der Waals surface area contributed by atoms with Crippen molar-refractivity contribution in [1.82, 2.24) is 15.0 Å². The molecule has 2 aliphatic rings. The number of amides is 4. The molecular weight excluding hydrogens is 464 g/mol. The standard InChI is InChI=1S/C26H26N4O6/c1-14-19-20(15-6-10-17(34-4)11-7-15)26(23(31)29(2)25(33)30(3)24(26)32)21(27-22(19)36-28-14)16-8-12-18(35-5)13-9-16/h6-13,20-21,27H,1-5H3/t20-,21+/m1/s1. The van der Waals surface area contributed by atoms with E-state index in [2.05, 4.69) is 10.5 Å². The Hall–Kier alpha value is -4.34. The van der Waals surface area contributed by atoms with Crippen molar-refractivity contribution in [3.63, 3.8) is 0 Å². The molecule has 186 valence electrons. The molecule has 3 aromatic rings. The SMILES string of the molecule is COc1ccc([C@@H]2c3c(C)noc3N[C@@H](c3ccc(OC)cc3)C23C(=O)N(C)C(=O)N(C)C3=O)cc1. The lowest BCUT2D eigenvalue weighted by Gasteiger charge is -2.51. The van der Waals surface area contributed by atoms with Gasteiger partial charge in [0.15, 0.2) is 5.41 Å². The number of hydrogen-bond donors (Lipinski definition) is 1. The lowest BCUT2D eigenvalue weighted by molar-refractivity contribution is -0.160. The number of benzene rings is 2. The largest absolute Gasteiger partial charge is 0.497 e. The average molecular weight is 491 g/mol. The van der Waals surface area contributed by atoms with Crippen LogP contribution in [0.15, 0.2) is 53.1 Å². The van der Waals surface area contributed by atoms with Crippen LogP contribution in [-0.4, -0.2) is 61.1 Å². The van der Waals surface area contributed by atoms with Gasteiger partial charge in [-0.3, -0.25) is 19.4 Å². The van der Waals surface area contributed by atoms with Gasteiger partial charge in [0.2, 0.25) is 17.7 Å². The first-order valence-electron chi connectivity index (χ1n) is 11.4. The summed E-state index contributed by atoms with van der Waals surface area (Å²) in [6, 6.07) is 12.7. The number of anilines is 1. The summed E-state index contributed by atoms with van der Waals surface area (Å²) in [5.74, 6) is -0.427. The number of rotatable bonds is 4. The van der Waals surface area contributed by atoms with E-state index < -0.39 is 35.2 Å². The molecule has 0 saturated carbocycles. The Balaban J connectivity index is 1.84. The summed E-state index contributed by atoms with van der Waals surface area (Å²) >= 11 is 0. The van der Waals surface area contributed by atoms with E-state index in [0.29, 0.717) is 39.8 Å². The number of methoxy groups -OCH3 is 2. The second kappa shape index (κ2) is 8.40. The van der Waals surface area contributed by atoms with Crippen LogP contribution in [-0.2, 0) is 9.59 Å². The molecule has 1 saturated heterocycles. The lowest BCUT2D eigenvalue weighted by atomic mass is 9.59. The second-order valence-electron chi connectivity index (χ2n) is 8.95. The van der Waals surface area contributed by atoms with Crippen LogP contribution in [0.1, 0.15) is 34.3 Å². The van der Waals surface area contributed by atoms with Crippen LogP contribution in [0.3, 0.4) is 0 Å². The van der Waals surface area contributed by atoms with Crippen molar-refractivity contribution in [2.45, 2.75) is 18.9 Å². The molecule has 2 aliphatic heterocycles. The Kier molecular flexibility index (Phi) is 5.46. The fraction of sp³-hybridized carbons (Fsp3) is 0.308. The smallest absolute Gasteiger partial charge is 0.332 e. The monoisotopic (exact) mass is 490 g/mol. The van der Waals surface area contributed by atoms with Gasteiger partial charge in [-0.1, -0.05) is 29.4 Å². The van der Waals surface area contributed by atoms with E-state index in [-0.39, 0.29) is 0 Å². The minimum absolute atomic E-state index is 0.363. The number of nitrogens with zero attached hydrogens (tertiary/aromatic N) is 3. The quantitative estimate of drug-likeness (QED) is 0.554. The predicted octanol–water partition coefficient (Wildman–Crippen LogP) is 3.34. The van der Waals surface area contributed by atoms with Crippen molar-refractivity contribution in [1.29, 1.82) is 0 Å². The fourth-order valence-electron chi connectivity index (χ4n) is 5.37. The highest BCUT2D eigenvalue weighted by atomic mass is 16.5. The molecule has 36 heavy (non-hydrogen) atoms. The predicted molar refractivity (Wildman–Crippen MR) is 129 cm³/mol. The molecule has 1 aromatic heterocycles. The number of barbiturate groups is 1. The van der Waals surface area contributed by atoms with Gasteiger partial charge < -0.3 is 19.3 Å². The third kappa shape index (κ3) is 3.10. The lowest BCUT2D eigenvalue weighted by Crippen LogP contribution is -2.68. The van der Waals surface area contributed by atoms with E-state index in [4.69, 9.17) is 14.0 Å². The Bertz CT molecular complexity index is 1320. The van der Waals surface area contributed by atoms with Crippen LogP contribution in [0.2, 0.25) is 0 Å². The van der Waals surface area contributed by atoms with Gasteiger partial charge in [0, 0.05) is 25.6 Å². The number of carbonyl (C=O) groups excluding carboxylic acids is 3. The normalized spacial score (nSPS) is 20.9. The van der Waals surface area contributed by atoms with Gasteiger partial charge in [-0.15, -0.1) is 0 Å². The summed E-state index contributed by atoms with van der Waals surface area (Å²) in [5, 5.41) is 7.42. The van der Waals surface area contributed by atoms with Gasteiger partial charge in [-0.2, -0.15) is 0 Å². The van der Waals surface area contributed by atoms with Crippen molar-refractivity contribution >= 4 is 23.7 Å². The highest BCUT2D eigenvalue weighted by molar-refractivity contribution is 6.20. The maximum Gasteiger partial charge on any atom is 0.332 e. The van der Waals surface area contributed by atoms with E-state index in [9.17, 15) is 14.4 Å². The van der Waals surface area contributed by atoms with Crippen LogP contribution in [0, 0.1) is 12.3 Å². The van der Waals surface area contributed by atoms with Gasteiger partial charge in [-0.25, -0.2) is 4.79 Å². The molecule has 0 radical (unpaired) electrons. The van der Waals surface area contributed by atoms with Gasteiger partial charge in [-0.05, 0) is 42.3 Å². The molecular formula is C26H26N4O6. The number of aryl methyl sites for hydroxylation is 1. The number of ether oxygens (including phenoxy) is 2. The minimum Gasteiger partial charge on any atom is -0.497 e. The van der Waals surface area contributed by atoms with Crippen LogP contribution in [0.5, 0.6) is 11.5 Å². The molecule has 5 rings (SSSR count). The molecule has 10 heteroatoms. The maximum atomic E-state index is 14.2. The highest BCUT2D eigenvalue weighted by Crippen LogP contribution is 2.59. The second-order valence-corrected chi connectivity index (χ2v) is 8.95. The Morgan fingerprint density at radius 3 is 1.86 bits per heavy atom. The van der Waals surface area contributed by atoms with E-state index >= 15 is 0 Å². The molecule has 3 heterocycles. The third-order valence-electron chi connectivity index (χ3n) is 7.17. The van der Waals surface area contributed by atoms with Crippen molar-refractivity contribution in [3.05, 3.63) is 70.9 Å². The number of imide groups is 2. The van der Waals surface area contributed by atoms with Crippen LogP contribution in [0.4, 0.5) is 10.7 Å². The maximum absolute atomic E-state index is 14.2. The zero-order valence-corrected chi connectivity index (χ0v) is 20.6. The summed E-state index contributed by atoms with van der Waals surface area (Å²) < 4.78 is 16.3. The summed E-state index contributed by atoms with van der Waals surface area (Å²) in [7, 11) is 5.90. The molecule has 0 aliphatic carbocycles. The fourth-order valence-corrected chi connectivity index (χ4v) is 5.37. The van der Waals surface area contributed by atoms with Gasteiger partial charge in [0.25, 0.3) is 0 Å². The number of aromatic nitrogens is 1. The highest BCUT2D eigenvalue weighted by Gasteiger charge is 2.67. The topological polar surface area (TPSA) is 114 Å². The molecule has 1 N–H and O–H groups in total. The van der Waals surface area contributed by atoms with Crippen molar-refractivity contribution < 1.29 is 28.4 Å². The molecule has 1 fully saturated rings. The van der Waals surface area contributed by atoms with Crippen molar-refractivity contribution in [2.75, 3.05) is 33.6 Å². The Morgan fingerprint density at radius 1 is 0.861 bits per heavy atom. The summed E-state index contributed by atoms with van der Waals surface area (Å²) in [5.41, 5.74) is 0.689. The molecule has 4 amide bonds. The zero-order chi connectivity index (χ0) is 25.8. The van der Waals surface area contributed by atoms with E-state index in [1.54, 1.807) is 57.5 Å². The number of fused-ring (bicyclic) bond motifs is 1. The number of hydrogen-bond acceptors (Lipinski definition) is 8. The number of urea groups is 1. The first-order valence-corrected chi connectivity index (χ1v) is 11.4. The molecule has 0 bridgehead atoms. The van der Waals surface area contributed by atoms with Gasteiger partial charge in [0.1, 0.15) is 11.5 Å². The number of carbonyl (C=O) groups is 3. The molecule has 2 aromatic carbocycles. The Morgan fingerprint density at radius 2 is 1.36 bits per heavy atom. The molecule has 10 nitrogen and oxygen atoms in total. The van der Waals surface area contributed by atoms with E-state index in [1.165, 1.54) is 14.1 Å². The zero-order valence-electron chi connectivity index (χ0n) is 20.6. The molecule has 2 atom stereocenters. The first-order chi connectivity index (χ1) is 17.2. The van der Waals surface area contributed by atoms with Crippen LogP contribution < -0.4 is 14.8 Å². The van der Waals surface area contributed by atoms with E-state index in [1.807, 2.05) is 12.1 Å². The molecule has 1 spiro atoms. The third-order valence-corrected chi connectivity index (χ3v) is 7.17. The first kappa shape index (κ1) is 23.4. The summed E-state index contributed by atoms with van der Waals surface area (Å²) in [6.45, 7) is 1.76. The minimum atomic E-state index is -1.76. The summed E-state index contributed by atoms with van der Waals surface area (Å²) in [4.78, 5) is 43.3. The molecule has 0 unspecified atom stereocenters. The number of nitrogens with one attached hydrogen (secondary N) is 1. The van der Waals surface area contributed by atoms with E-state index in [0.717, 1.165) is 9.80 Å². The van der Waals surface area contributed by atoms with Crippen LogP contribution >= 0.6 is 0 Å². The van der Waals surface area contributed by atoms with Gasteiger partial charge >= 0.3 is 6.03 Å². The van der Waals surface area contributed by atoms with Gasteiger partial charge in [0.05, 0.1) is 26.0 Å².